The monoisotopic (exact) mass is 336 g/mol. The maximum absolute atomic E-state index is 10.7. The normalized spacial score (nSPS) is 48.5. The summed E-state index contributed by atoms with van der Waals surface area (Å²) in [5, 5.41) is 20.9. The zero-order valence-corrected chi connectivity index (χ0v) is 15.4. The Balaban J connectivity index is 1.77. The average molecular weight is 336 g/mol. The molecule has 3 fully saturated rings. The molecule has 0 radical (unpaired) electrons. The van der Waals surface area contributed by atoms with Crippen molar-refractivity contribution in [3.05, 3.63) is 24.8 Å². The Morgan fingerprint density at radius 2 is 2.00 bits per heavy atom. The van der Waals surface area contributed by atoms with Gasteiger partial charge in [-0.3, -0.25) is 0 Å². The Labute approximate surface area is 145 Å². The van der Waals surface area contributed by atoms with E-state index in [0.717, 1.165) is 24.8 Å². The number of hydrogen-bond acceptors (Lipinski definition) is 4. The summed E-state index contributed by atoms with van der Waals surface area (Å²) in [4.78, 5) is 0. The van der Waals surface area contributed by atoms with Crippen LogP contribution in [0.25, 0.3) is 0 Å². The molecule has 1 saturated carbocycles. The summed E-state index contributed by atoms with van der Waals surface area (Å²) >= 11 is 0. The second-order valence-electron chi connectivity index (χ2n) is 8.91. The summed E-state index contributed by atoms with van der Waals surface area (Å²) in [7, 11) is 0. The highest BCUT2D eigenvalue weighted by Gasteiger charge is 2.70. The summed E-state index contributed by atoms with van der Waals surface area (Å²) in [6.45, 7) is 16.0. The van der Waals surface area contributed by atoms with Gasteiger partial charge in [-0.1, -0.05) is 25.2 Å². The number of rotatable bonds is 4. The third-order valence-corrected chi connectivity index (χ3v) is 6.73. The van der Waals surface area contributed by atoms with Crippen LogP contribution >= 0.6 is 0 Å². The van der Waals surface area contributed by atoms with Gasteiger partial charge in [0.25, 0.3) is 0 Å². The molecule has 2 saturated heterocycles. The van der Waals surface area contributed by atoms with Gasteiger partial charge in [0.05, 0.1) is 17.8 Å². The molecule has 0 aromatic rings. The van der Waals surface area contributed by atoms with Crippen LogP contribution in [0.5, 0.6) is 0 Å². The van der Waals surface area contributed by atoms with Crippen molar-refractivity contribution in [2.45, 2.75) is 83.1 Å². The van der Waals surface area contributed by atoms with Gasteiger partial charge in [0, 0.05) is 6.42 Å². The van der Waals surface area contributed by atoms with Gasteiger partial charge in [-0.2, -0.15) is 0 Å². The average Bonchev–Trinajstić information content (AvgIpc) is 3.22. The molecular weight excluding hydrogens is 304 g/mol. The van der Waals surface area contributed by atoms with Crippen molar-refractivity contribution in [3.63, 3.8) is 0 Å². The smallest absolute Gasteiger partial charge is 0.187 e. The molecule has 4 nitrogen and oxygen atoms in total. The Hall–Kier alpha value is -0.680. The molecule has 0 amide bonds. The van der Waals surface area contributed by atoms with Gasteiger partial charge < -0.3 is 19.7 Å². The maximum atomic E-state index is 10.7. The molecule has 2 aliphatic heterocycles. The SMILES string of the molecule is C=CC1(C)CCC(C23OC2CC(C(C)(C)O)OC3O)CC1C(=C)C. The Bertz CT molecular complexity index is 536. The molecule has 2 N–H and O–H groups in total. The van der Waals surface area contributed by atoms with Crippen LogP contribution in [0.3, 0.4) is 0 Å². The lowest BCUT2D eigenvalue weighted by Crippen LogP contribution is -2.54. The number of fused-ring (bicyclic) bond motifs is 1. The first kappa shape index (κ1) is 18.1. The highest BCUT2D eigenvalue weighted by molar-refractivity contribution is 5.19. The minimum Gasteiger partial charge on any atom is -0.388 e. The fourth-order valence-electron chi connectivity index (χ4n) is 4.94. The first-order valence-corrected chi connectivity index (χ1v) is 9.07. The van der Waals surface area contributed by atoms with Crippen LogP contribution in [0.15, 0.2) is 24.8 Å². The fraction of sp³-hybridized carbons (Fsp3) is 0.800. The van der Waals surface area contributed by atoms with Crippen LogP contribution in [0, 0.1) is 17.3 Å². The lowest BCUT2D eigenvalue weighted by molar-refractivity contribution is -0.232. The number of hydrogen-bond donors (Lipinski definition) is 2. The van der Waals surface area contributed by atoms with Crippen LogP contribution in [-0.4, -0.2) is 39.9 Å². The molecule has 4 heteroatoms. The van der Waals surface area contributed by atoms with E-state index in [1.165, 1.54) is 0 Å². The third kappa shape index (κ3) is 2.68. The highest BCUT2D eigenvalue weighted by Crippen LogP contribution is 2.60. The number of aliphatic hydroxyl groups excluding tert-OH is 1. The second kappa shape index (κ2) is 5.66. The molecule has 3 rings (SSSR count). The molecule has 2 heterocycles. The second-order valence-corrected chi connectivity index (χ2v) is 8.91. The van der Waals surface area contributed by atoms with E-state index in [2.05, 4.69) is 33.1 Å². The largest absolute Gasteiger partial charge is 0.388 e. The first-order valence-electron chi connectivity index (χ1n) is 9.07. The van der Waals surface area contributed by atoms with Gasteiger partial charge in [0.1, 0.15) is 5.60 Å². The molecule has 7 atom stereocenters. The van der Waals surface area contributed by atoms with Crippen LogP contribution in [0.1, 0.15) is 53.4 Å². The van der Waals surface area contributed by atoms with Crippen molar-refractivity contribution in [2.24, 2.45) is 17.3 Å². The highest BCUT2D eigenvalue weighted by atomic mass is 16.7. The molecule has 3 aliphatic rings. The van der Waals surface area contributed by atoms with Gasteiger partial charge in [0.2, 0.25) is 0 Å². The van der Waals surface area contributed by atoms with Crippen molar-refractivity contribution >= 4 is 0 Å². The van der Waals surface area contributed by atoms with E-state index in [9.17, 15) is 10.2 Å². The van der Waals surface area contributed by atoms with E-state index in [-0.39, 0.29) is 17.4 Å². The predicted octanol–water partition coefficient (Wildman–Crippen LogP) is 3.19. The van der Waals surface area contributed by atoms with Crippen molar-refractivity contribution in [1.82, 2.24) is 0 Å². The minimum absolute atomic E-state index is 0.0264. The van der Waals surface area contributed by atoms with Crippen molar-refractivity contribution in [2.75, 3.05) is 0 Å². The zero-order chi connectivity index (χ0) is 17.9. The zero-order valence-electron chi connectivity index (χ0n) is 15.4. The van der Waals surface area contributed by atoms with Crippen molar-refractivity contribution in [3.8, 4) is 0 Å². The fourth-order valence-corrected chi connectivity index (χ4v) is 4.94. The number of allylic oxidation sites excluding steroid dienone is 2. The van der Waals surface area contributed by atoms with Gasteiger partial charge in [0.15, 0.2) is 6.29 Å². The molecule has 0 bridgehead atoms. The summed E-state index contributed by atoms with van der Waals surface area (Å²) in [6.07, 6.45) is 4.22. The summed E-state index contributed by atoms with van der Waals surface area (Å²) in [6, 6.07) is 0. The van der Waals surface area contributed by atoms with Gasteiger partial charge >= 0.3 is 0 Å². The van der Waals surface area contributed by atoms with E-state index in [1.807, 2.05) is 0 Å². The lowest BCUT2D eigenvalue weighted by Gasteiger charge is -2.47. The topological polar surface area (TPSA) is 62.2 Å². The lowest BCUT2D eigenvalue weighted by atomic mass is 9.59. The number of ether oxygens (including phenoxy) is 2. The van der Waals surface area contributed by atoms with E-state index in [0.29, 0.717) is 12.3 Å². The summed E-state index contributed by atoms with van der Waals surface area (Å²) in [5.74, 6) is 0.585. The van der Waals surface area contributed by atoms with Crippen LogP contribution in [-0.2, 0) is 9.47 Å². The van der Waals surface area contributed by atoms with E-state index < -0.39 is 23.6 Å². The Morgan fingerprint density at radius 3 is 2.50 bits per heavy atom. The molecular formula is C20H32O4. The molecule has 0 spiro atoms. The standard InChI is InChI=1S/C20H32O4/c1-7-19(6)9-8-13(10-14(19)12(2)3)20-16(24-20)11-15(18(4,5)22)23-17(20)21/h7,13-17,21-22H,1-2,8-11H2,3-6H3. The molecule has 24 heavy (non-hydrogen) atoms. The van der Waals surface area contributed by atoms with Crippen molar-refractivity contribution < 1.29 is 19.7 Å². The van der Waals surface area contributed by atoms with Gasteiger partial charge in [-0.05, 0) is 57.3 Å². The van der Waals surface area contributed by atoms with E-state index in [4.69, 9.17) is 9.47 Å². The van der Waals surface area contributed by atoms with Crippen molar-refractivity contribution in [1.29, 1.82) is 0 Å². The predicted molar refractivity (Wildman–Crippen MR) is 93.3 cm³/mol. The van der Waals surface area contributed by atoms with E-state index in [1.54, 1.807) is 13.8 Å². The summed E-state index contributed by atoms with van der Waals surface area (Å²) < 4.78 is 11.8. The third-order valence-electron chi connectivity index (χ3n) is 6.73. The van der Waals surface area contributed by atoms with Gasteiger partial charge in [-0.25, -0.2) is 0 Å². The molecule has 7 unspecified atom stereocenters. The maximum Gasteiger partial charge on any atom is 0.187 e. The minimum atomic E-state index is -0.979. The Morgan fingerprint density at radius 1 is 1.33 bits per heavy atom. The molecule has 0 aromatic heterocycles. The van der Waals surface area contributed by atoms with Crippen LogP contribution in [0.2, 0.25) is 0 Å². The quantitative estimate of drug-likeness (QED) is 0.611. The molecule has 136 valence electrons. The number of epoxide rings is 1. The summed E-state index contributed by atoms with van der Waals surface area (Å²) in [5.41, 5.74) is -0.360. The van der Waals surface area contributed by atoms with Crippen LogP contribution in [0.4, 0.5) is 0 Å². The number of aliphatic hydroxyl groups is 2. The first-order chi connectivity index (χ1) is 11.0. The molecule has 0 aromatic carbocycles. The van der Waals surface area contributed by atoms with E-state index >= 15 is 0 Å². The van der Waals surface area contributed by atoms with Crippen LogP contribution < -0.4 is 0 Å². The Kier molecular flexibility index (Phi) is 4.28. The van der Waals surface area contributed by atoms with Gasteiger partial charge in [-0.15, -0.1) is 6.58 Å². The molecule has 1 aliphatic carbocycles.